The Hall–Kier alpha value is -1.66. The summed E-state index contributed by atoms with van der Waals surface area (Å²) in [6.07, 6.45) is 1.84. The van der Waals surface area contributed by atoms with Gasteiger partial charge in [0.15, 0.2) is 4.90 Å². The molecule has 26 heavy (non-hydrogen) atoms. The molecule has 0 saturated heterocycles. The molecule has 0 amide bonds. The minimum atomic E-state index is -10.7. The van der Waals surface area contributed by atoms with E-state index in [1.165, 1.54) is 0 Å². The molecule has 1 nitrogen and oxygen atoms in total. The summed E-state index contributed by atoms with van der Waals surface area (Å²) in [6.45, 7) is 8.46. The molecular weight excluding hydrogens is 397 g/mol. The van der Waals surface area contributed by atoms with Crippen LogP contribution in [0.3, 0.4) is 0 Å². The molecule has 0 aromatic heterocycles. The number of hydrogen-bond donors (Lipinski definition) is 0. The van der Waals surface area contributed by atoms with E-state index in [9.17, 15) is 25.2 Å². The second-order valence-corrected chi connectivity index (χ2v) is 8.13. The van der Waals surface area contributed by atoms with Crippen LogP contribution in [-0.2, 0) is 19.2 Å². The molecule has 0 heterocycles. The van der Waals surface area contributed by atoms with Crippen LogP contribution in [0.5, 0.6) is 5.75 Å². The van der Waals surface area contributed by atoms with Crippen LogP contribution in [0, 0.1) is 13.8 Å². The molecule has 0 unspecified atom stereocenters. The molecule has 146 valence electrons. The van der Waals surface area contributed by atoms with Crippen LogP contribution in [0.15, 0.2) is 47.9 Å². The first-order valence-corrected chi connectivity index (χ1v) is 9.81. The zero-order chi connectivity index (χ0) is 20.2. The Morgan fingerprint density at radius 3 is 1.77 bits per heavy atom. The molecule has 2 rings (SSSR count). The van der Waals surface area contributed by atoms with E-state index < -0.39 is 7.81 Å². The average molecular weight is 416 g/mol. The van der Waals surface area contributed by atoms with Gasteiger partial charge in [-0.1, -0.05) is 36.9 Å². The van der Waals surface area contributed by atoms with E-state index in [1.807, 2.05) is 18.2 Å². The Morgan fingerprint density at radius 1 is 0.962 bits per heavy atom. The standard InChI is InChI=1S/C17H18OS.F6P/c1-4-14-5-7-15(8-6-14)11-18-17-12(2)9-16(19)10-13(17)3;1-7(2,3,4,5)6/h4-10,19H,1,11H2,2-3H3;/q;-1/p+1. The van der Waals surface area contributed by atoms with Crippen molar-refractivity contribution in [2.24, 2.45) is 0 Å². The summed E-state index contributed by atoms with van der Waals surface area (Å²) in [4.78, 5) is 1.08. The van der Waals surface area contributed by atoms with E-state index in [4.69, 9.17) is 4.74 Å². The second-order valence-electron chi connectivity index (χ2n) is 5.63. The van der Waals surface area contributed by atoms with Crippen LogP contribution in [0.25, 0.3) is 6.08 Å². The minimum absolute atomic E-state index is 0.583. The van der Waals surface area contributed by atoms with Gasteiger partial charge in [-0.3, -0.25) is 0 Å². The predicted octanol–water partition coefficient (Wildman–Crippen LogP) is 7.28. The van der Waals surface area contributed by atoms with Crippen LogP contribution in [0.1, 0.15) is 22.3 Å². The maximum absolute atomic E-state index is 10.7. The van der Waals surface area contributed by atoms with Crippen molar-refractivity contribution in [1.29, 1.82) is 0 Å². The van der Waals surface area contributed by atoms with E-state index >= 15 is 0 Å². The van der Waals surface area contributed by atoms with Crippen molar-refractivity contribution >= 4 is 26.5 Å². The molecular formula is C17H19F6OPS. The van der Waals surface area contributed by atoms with E-state index in [2.05, 4.69) is 57.3 Å². The van der Waals surface area contributed by atoms with Crippen molar-refractivity contribution in [3.63, 3.8) is 0 Å². The molecule has 0 spiro atoms. The fraction of sp³-hybridized carbons (Fsp3) is 0.176. The summed E-state index contributed by atoms with van der Waals surface area (Å²) in [5.74, 6) is 0.967. The number of aryl methyl sites for hydroxylation is 2. The molecule has 0 aliphatic carbocycles. The number of benzene rings is 2. The zero-order valence-corrected chi connectivity index (χ0v) is 16.0. The van der Waals surface area contributed by atoms with Crippen molar-refractivity contribution < 1.29 is 29.9 Å². The van der Waals surface area contributed by atoms with Gasteiger partial charge in [0.2, 0.25) is 0 Å². The first-order valence-electron chi connectivity index (χ1n) is 7.28. The van der Waals surface area contributed by atoms with Gasteiger partial charge in [0.05, 0.1) is 0 Å². The van der Waals surface area contributed by atoms with Crippen molar-refractivity contribution in [1.82, 2.24) is 0 Å². The number of hydrogen-bond acceptors (Lipinski definition) is 1. The van der Waals surface area contributed by atoms with Crippen molar-refractivity contribution in [2.45, 2.75) is 25.3 Å². The Bertz CT molecular complexity index is 751. The summed E-state index contributed by atoms with van der Waals surface area (Å²) in [6, 6.07) is 12.4. The van der Waals surface area contributed by atoms with Crippen LogP contribution >= 0.6 is 7.81 Å². The topological polar surface area (TPSA) is 9.23 Å². The Balaban J connectivity index is 0.000000412. The molecule has 0 bridgehead atoms. The van der Waals surface area contributed by atoms with Gasteiger partial charge < -0.3 is 4.74 Å². The van der Waals surface area contributed by atoms with Crippen molar-refractivity contribution in [2.75, 3.05) is 0 Å². The summed E-state index contributed by atoms with van der Waals surface area (Å²) < 4.78 is 65.1. The first kappa shape index (κ1) is 22.4. The van der Waals surface area contributed by atoms with Gasteiger partial charge in [0, 0.05) is 0 Å². The van der Waals surface area contributed by atoms with Gasteiger partial charge in [-0.25, -0.2) is 0 Å². The van der Waals surface area contributed by atoms with Crippen LogP contribution < -0.4 is 4.74 Å². The maximum atomic E-state index is 9.87. The third-order valence-corrected chi connectivity index (χ3v) is 3.35. The molecule has 0 N–H and O–H groups in total. The Morgan fingerprint density at radius 2 is 1.38 bits per heavy atom. The molecule has 0 atom stereocenters. The van der Waals surface area contributed by atoms with Gasteiger partial charge >= 0.3 is 33.0 Å². The van der Waals surface area contributed by atoms with Crippen LogP contribution in [0.2, 0.25) is 0 Å². The fourth-order valence-electron chi connectivity index (χ4n) is 2.08. The van der Waals surface area contributed by atoms with Crippen LogP contribution in [-0.4, -0.2) is 0 Å². The molecule has 0 aliphatic rings. The number of ether oxygens (including phenoxy) is 1. The average Bonchev–Trinajstić information content (AvgIpc) is 2.43. The summed E-state index contributed by atoms with van der Waals surface area (Å²) in [5, 5.41) is 0. The molecule has 0 saturated carbocycles. The van der Waals surface area contributed by atoms with Gasteiger partial charge in [-0.15, -0.1) is 0 Å². The monoisotopic (exact) mass is 416 g/mol. The zero-order valence-electron chi connectivity index (χ0n) is 14.1. The summed E-state index contributed by atoms with van der Waals surface area (Å²) >= 11 is 3.55. The molecule has 0 aliphatic heterocycles. The summed E-state index contributed by atoms with van der Waals surface area (Å²) in [5.41, 5.74) is 4.58. The second kappa shape index (κ2) is 7.16. The van der Waals surface area contributed by atoms with Gasteiger partial charge in [-0.2, -0.15) is 0 Å². The van der Waals surface area contributed by atoms with Gasteiger partial charge in [-0.05, 0) is 60.9 Å². The molecule has 0 radical (unpaired) electrons. The first-order chi connectivity index (χ1) is 11.5. The molecule has 2 aromatic carbocycles. The normalized spacial score (nSPS) is 13.7. The quantitative estimate of drug-likeness (QED) is 0.289. The number of rotatable bonds is 4. The van der Waals surface area contributed by atoms with Crippen LogP contribution in [0.4, 0.5) is 25.2 Å². The summed E-state index contributed by atoms with van der Waals surface area (Å²) in [7, 11) is -10.7. The van der Waals surface area contributed by atoms with E-state index in [-0.39, 0.29) is 0 Å². The predicted molar refractivity (Wildman–Crippen MR) is 98.8 cm³/mol. The van der Waals surface area contributed by atoms with Crippen molar-refractivity contribution in [3.8, 4) is 5.75 Å². The van der Waals surface area contributed by atoms with Crippen molar-refractivity contribution in [3.05, 3.63) is 65.2 Å². The third kappa shape index (κ3) is 10.4. The fourth-order valence-corrected chi connectivity index (χ4v) is 2.52. The molecule has 9 heteroatoms. The molecule has 2 aromatic rings. The molecule has 0 fully saturated rings. The van der Waals surface area contributed by atoms with E-state index in [0.29, 0.717) is 6.61 Å². The SMILES string of the molecule is C=Cc1ccc(COc2c(C)cc([SH2+])cc2C)cc1.F[P-](F)(F)(F)(F)F. The Kier molecular flexibility index (Phi) is 6.16. The van der Waals surface area contributed by atoms with E-state index in [0.717, 1.165) is 32.9 Å². The van der Waals surface area contributed by atoms with Gasteiger partial charge in [0.1, 0.15) is 12.4 Å². The number of halogens is 6. The van der Waals surface area contributed by atoms with E-state index in [1.54, 1.807) is 0 Å². The third-order valence-electron chi connectivity index (χ3n) is 3.06. The Labute approximate surface area is 153 Å². The van der Waals surface area contributed by atoms with Gasteiger partial charge in [0.25, 0.3) is 0 Å².